The fourth-order valence-corrected chi connectivity index (χ4v) is 2.54. The molecule has 2 aromatic carbocycles. The van der Waals surface area contributed by atoms with E-state index in [2.05, 4.69) is 10.6 Å². The SMILES string of the molecule is O=C1NC(=O)c2cc(Oc3ccc(NC(=O)C4CC4)cc3)ccc21. The molecule has 1 aliphatic heterocycles. The molecule has 3 amide bonds. The summed E-state index contributed by atoms with van der Waals surface area (Å²) in [6, 6.07) is 11.7. The number of nitrogens with one attached hydrogen (secondary N) is 2. The number of rotatable bonds is 4. The molecular formula is C18H14N2O4. The van der Waals surface area contributed by atoms with Crippen molar-refractivity contribution in [1.29, 1.82) is 0 Å². The van der Waals surface area contributed by atoms with E-state index in [1.165, 1.54) is 0 Å². The predicted octanol–water partition coefficient (Wildman–Crippen LogP) is 2.71. The molecule has 1 heterocycles. The Morgan fingerprint density at radius 2 is 1.62 bits per heavy atom. The summed E-state index contributed by atoms with van der Waals surface area (Å²) in [5, 5.41) is 5.09. The van der Waals surface area contributed by atoms with Gasteiger partial charge in [-0.15, -0.1) is 0 Å². The molecule has 4 rings (SSSR count). The molecule has 0 radical (unpaired) electrons. The molecule has 1 saturated carbocycles. The second-order valence-corrected chi connectivity index (χ2v) is 5.88. The van der Waals surface area contributed by atoms with Gasteiger partial charge in [0.05, 0.1) is 11.1 Å². The molecule has 0 atom stereocenters. The van der Waals surface area contributed by atoms with Crippen molar-refractivity contribution in [2.24, 2.45) is 5.92 Å². The van der Waals surface area contributed by atoms with Crippen molar-refractivity contribution in [3.63, 3.8) is 0 Å². The van der Waals surface area contributed by atoms with Crippen LogP contribution < -0.4 is 15.4 Å². The van der Waals surface area contributed by atoms with E-state index in [4.69, 9.17) is 4.74 Å². The average Bonchev–Trinajstić information content (AvgIpc) is 3.37. The monoisotopic (exact) mass is 322 g/mol. The van der Waals surface area contributed by atoms with E-state index >= 15 is 0 Å². The highest BCUT2D eigenvalue weighted by Gasteiger charge is 2.29. The van der Waals surface area contributed by atoms with Crippen molar-refractivity contribution in [3.05, 3.63) is 53.6 Å². The zero-order valence-electron chi connectivity index (χ0n) is 12.7. The summed E-state index contributed by atoms with van der Waals surface area (Å²) >= 11 is 0. The van der Waals surface area contributed by atoms with Gasteiger partial charge in [-0.05, 0) is 55.3 Å². The number of hydrogen-bond donors (Lipinski definition) is 2. The Bertz CT molecular complexity index is 854. The number of ether oxygens (including phenoxy) is 1. The van der Waals surface area contributed by atoms with E-state index in [-0.39, 0.29) is 11.8 Å². The third-order valence-corrected chi connectivity index (χ3v) is 4.01. The highest BCUT2D eigenvalue weighted by molar-refractivity contribution is 6.21. The molecule has 1 aliphatic carbocycles. The maximum absolute atomic E-state index is 11.7. The van der Waals surface area contributed by atoms with Crippen molar-refractivity contribution in [2.75, 3.05) is 5.32 Å². The Hall–Kier alpha value is -3.15. The largest absolute Gasteiger partial charge is 0.457 e. The van der Waals surface area contributed by atoms with Gasteiger partial charge in [-0.3, -0.25) is 19.7 Å². The van der Waals surface area contributed by atoms with Crippen LogP contribution >= 0.6 is 0 Å². The summed E-state index contributed by atoms with van der Waals surface area (Å²) in [6.45, 7) is 0. The van der Waals surface area contributed by atoms with Gasteiger partial charge < -0.3 is 10.1 Å². The topological polar surface area (TPSA) is 84.5 Å². The van der Waals surface area contributed by atoms with Gasteiger partial charge in [0.1, 0.15) is 11.5 Å². The minimum absolute atomic E-state index is 0.0537. The summed E-state index contributed by atoms with van der Waals surface area (Å²) in [7, 11) is 0. The fourth-order valence-electron chi connectivity index (χ4n) is 2.54. The van der Waals surface area contributed by atoms with Crippen LogP contribution in [0.3, 0.4) is 0 Å². The second-order valence-electron chi connectivity index (χ2n) is 5.88. The molecule has 2 aliphatic rings. The molecule has 0 aromatic heterocycles. The van der Waals surface area contributed by atoms with E-state index in [9.17, 15) is 14.4 Å². The first-order chi connectivity index (χ1) is 11.6. The lowest BCUT2D eigenvalue weighted by atomic mass is 10.1. The maximum atomic E-state index is 11.7. The Morgan fingerprint density at radius 3 is 2.33 bits per heavy atom. The molecule has 0 spiro atoms. The number of carbonyl (C=O) groups excluding carboxylic acids is 3. The average molecular weight is 322 g/mol. The van der Waals surface area contributed by atoms with Crippen molar-refractivity contribution in [3.8, 4) is 11.5 Å². The zero-order valence-corrected chi connectivity index (χ0v) is 12.7. The molecule has 1 fully saturated rings. The molecular weight excluding hydrogens is 308 g/mol. The summed E-state index contributed by atoms with van der Waals surface area (Å²) in [6.07, 6.45) is 1.92. The van der Waals surface area contributed by atoms with Gasteiger partial charge in [-0.2, -0.15) is 0 Å². The predicted molar refractivity (Wildman–Crippen MR) is 86.1 cm³/mol. The third-order valence-electron chi connectivity index (χ3n) is 4.01. The quantitative estimate of drug-likeness (QED) is 0.848. The third kappa shape index (κ3) is 2.74. The van der Waals surface area contributed by atoms with Crippen LogP contribution in [-0.4, -0.2) is 17.7 Å². The smallest absolute Gasteiger partial charge is 0.259 e. The van der Waals surface area contributed by atoms with E-state index in [0.29, 0.717) is 22.6 Å². The van der Waals surface area contributed by atoms with Gasteiger partial charge in [-0.25, -0.2) is 0 Å². The van der Waals surface area contributed by atoms with Gasteiger partial charge in [0.15, 0.2) is 0 Å². The number of hydrogen-bond acceptors (Lipinski definition) is 4. The van der Waals surface area contributed by atoms with Gasteiger partial charge in [0.2, 0.25) is 5.91 Å². The first kappa shape index (κ1) is 14.4. The Balaban J connectivity index is 1.47. The summed E-state index contributed by atoms with van der Waals surface area (Å²) < 4.78 is 5.70. The normalized spacial score (nSPS) is 15.7. The van der Waals surface area contributed by atoms with Gasteiger partial charge in [0.25, 0.3) is 11.8 Å². The van der Waals surface area contributed by atoms with Crippen LogP contribution in [0.1, 0.15) is 33.6 Å². The molecule has 2 aromatic rings. The lowest BCUT2D eigenvalue weighted by Gasteiger charge is -2.08. The number of imide groups is 1. The standard InChI is InChI=1S/C18H14N2O4/c21-16(10-1-2-10)19-11-3-5-12(6-4-11)24-13-7-8-14-15(9-13)18(23)20-17(14)22/h3-10H,1-2H2,(H,19,21)(H,20,22,23). The minimum Gasteiger partial charge on any atom is -0.457 e. The molecule has 0 saturated heterocycles. The number of fused-ring (bicyclic) bond motifs is 1. The number of anilines is 1. The Morgan fingerprint density at radius 1 is 0.958 bits per heavy atom. The molecule has 120 valence electrons. The van der Waals surface area contributed by atoms with E-state index in [1.807, 2.05) is 0 Å². The highest BCUT2D eigenvalue weighted by atomic mass is 16.5. The minimum atomic E-state index is -0.418. The molecule has 6 nitrogen and oxygen atoms in total. The first-order valence-electron chi connectivity index (χ1n) is 7.69. The number of carbonyl (C=O) groups is 3. The molecule has 24 heavy (non-hydrogen) atoms. The van der Waals surface area contributed by atoms with Crippen LogP contribution in [0, 0.1) is 5.92 Å². The lowest BCUT2D eigenvalue weighted by molar-refractivity contribution is -0.117. The number of amides is 3. The number of benzene rings is 2. The van der Waals surface area contributed by atoms with Crippen molar-refractivity contribution in [1.82, 2.24) is 5.32 Å². The van der Waals surface area contributed by atoms with Gasteiger partial charge >= 0.3 is 0 Å². The van der Waals surface area contributed by atoms with E-state index in [0.717, 1.165) is 18.5 Å². The van der Waals surface area contributed by atoms with Crippen LogP contribution in [0.2, 0.25) is 0 Å². The molecule has 2 N–H and O–H groups in total. The summed E-state index contributed by atoms with van der Waals surface area (Å²) in [4.78, 5) is 34.9. The van der Waals surface area contributed by atoms with E-state index in [1.54, 1.807) is 42.5 Å². The van der Waals surface area contributed by atoms with Crippen molar-refractivity contribution < 1.29 is 19.1 Å². The molecule has 0 bridgehead atoms. The van der Waals surface area contributed by atoms with E-state index < -0.39 is 11.8 Å². The first-order valence-corrected chi connectivity index (χ1v) is 7.69. The van der Waals surface area contributed by atoms with Crippen molar-refractivity contribution in [2.45, 2.75) is 12.8 Å². The lowest BCUT2D eigenvalue weighted by Crippen LogP contribution is -2.19. The van der Waals surface area contributed by atoms with Crippen LogP contribution in [0.25, 0.3) is 0 Å². The molecule has 6 heteroatoms. The Labute approximate surface area is 137 Å². The van der Waals surface area contributed by atoms with Crippen LogP contribution in [0.15, 0.2) is 42.5 Å². The second kappa shape index (κ2) is 5.49. The zero-order chi connectivity index (χ0) is 16.7. The van der Waals surface area contributed by atoms with Crippen molar-refractivity contribution >= 4 is 23.4 Å². The Kier molecular flexibility index (Phi) is 3.30. The highest BCUT2D eigenvalue weighted by Crippen LogP contribution is 2.31. The fraction of sp³-hybridized carbons (Fsp3) is 0.167. The van der Waals surface area contributed by atoms with Crippen LogP contribution in [-0.2, 0) is 4.79 Å². The van der Waals surface area contributed by atoms with Crippen LogP contribution in [0.5, 0.6) is 11.5 Å². The summed E-state index contributed by atoms with van der Waals surface area (Å²) in [5.74, 6) is 0.438. The van der Waals surface area contributed by atoms with Gasteiger partial charge in [-0.1, -0.05) is 0 Å². The van der Waals surface area contributed by atoms with Crippen LogP contribution in [0.4, 0.5) is 5.69 Å². The van der Waals surface area contributed by atoms with Gasteiger partial charge in [0, 0.05) is 11.6 Å². The summed E-state index contributed by atoms with van der Waals surface area (Å²) in [5.41, 5.74) is 1.38. The maximum Gasteiger partial charge on any atom is 0.259 e. The molecule has 0 unspecified atom stereocenters.